The van der Waals surface area contributed by atoms with Crippen LogP contribution in [0.15, 0.2) is 42.6 Å². The number of anilines is 1. The second-order valence-electron chi connectivity index (χ2n) is 4.22. The van der Waals surface area contributed by atoms with Crippen molar-refractivity contribution in [2.45, 2.75) is 19.6 Å². The Morgan fingerprint density at radius 3 is 2.37 bits per heavy atom. The Morgan fingerprint density at radius 1 is 1.11 bits per heavy atom. The highest BCUT2D eigenvalue weighted by atomic mass is 19.4. The predicted octanol–water partition coefficient (Wildman–Crippen LogP) is 4.02. The summed E-state index contributed by atoms with van der Waals surface area (Å²) in [5.41, 5.74) is 1.14. The topological polar surface area (TPSA) is 24.9 Å². The molecule has 1 aromatic heterocycles. The fraction of sp³-hybridized carbons (Fsp3) is 0.214. The van der Waals surface area contributed by atoms with Crippen molar-refractivity contribution in [1.29, 1.82) is 0 Å². The Bertz CT molecular complexity index is 547. The predicted molar refractivity (Wildman–Crippen MR) is 67.7 cm³/mol. The Kier molecular flexibility index (Phi) is 3.74. The molecular formula is C14H13F3N2. The van der Waals surface area contributed by atoms with Crippen LogP contribution < -0.4 is 5.32 Å². The Morgan fingerprint density at radius 2 is 1.79 bits per heavy atom. The molecule has 0 radical (unpaired) electrons. The number of halogens is 3. The molecule has 0 aliphatic carbocycles. The number of pyridine rings is 1. The smallest absolute Gasteiger partial charge is 0.366 e. The summed E-state index contributed by atoms with van der Waals surface area (Å²) in [6.07, 6.45) is -2.62. The Labute approximate surface area is 109 Å². The summed E-state index contributed by atoms with van der Waals surface area (Å²) >= 11 is 0. The van der Waals surface area contributed by atoms with Crippen LogP contribution in [0.25, 0.3) is 0 Å². The van der Waals surface area contributed by atoms with Crippen LogP contribution >= 0.6 is 0 Å². The van der Waals surface area contributed by atoms with E-state index in [1.165, 1.54) is 12.1 Å². The molecule has 2 aromatic rings. The van der Waals surface area contributed by atoms with Crippen molar-refractivity contribution in [2.75, 3.05) is 5.32 Å². The molecule has 1 aromatic carbocycles. The molecule has 0 saturated carbocycles. The van der Waals surface area contributed by atoms with Crippen LogP contribution in [-0.4, -0.2) is 4.98 Å². The van der Waals surface area contributed by atoms with E-state index in [4.69, 9.17) is 0 Å². The molecule has 1 heterocycles. The monoisotopic (exact) mass is 266 g/mol. The lowest BCUT2D eigenvalue weighted by molar-refractivity contribution is -0.137. The van der Waals surface area contributed by atoms with Gasteiger partial charge < -0.3 is 5.32 Å². The zero-order chi connectivity index (χ0) is 13.9. The van der Waals surface area contributed by atoms with Gasteiger partial charge in [0, 0.05) is 12.7 Å². The summed E-state index contributed by atoms with van der Waals surface area (Å²) in [6.45, 7) is 2.36. The van der Waals surface area contributed by atoms with Crippen LogP contribution in [0.5, 0.6) is 0 Å². The third-order valence-electron chi connectivity index (χ3n) is 2.75. The van der Waals surface area contributed by atoms with Gasteiger partial charge in [-0.25, -0.2) is 4.98 Å². The standard InChI is InChI=1S/C14H13F3N2/c1-10-3-2-8-18-13(10)19-9-11-4-6-12(7-5-11)14(15,16)17/h2-8H,9H2,1H3,(H,18,19). The minimum atomic E-state index is -4.29. The lowest BCUT2D eigenvalue weighted by Gasteiger charge is -2.10. The van der Waals surface area contributed by atoms with E-state index in [1.807, 2.05) is 19.1 Å². The van der Waals surface area contributed by atoms with E-state index in [1.54, 1.807) is 6.20 Å². The first-order valence-corrected chi connectivity index (χ1v) is 5.78. The Balaban J connectivity index is 2.03. The molecule has 1 N–H and O–H groups in total. The summed E-state index contributed by atoms with van der Waals surface area (Å²) in [6, 6.07) is 8.85. The number of rotatable bonds is 3. The first-order chi connectivity index (χ1) is 8.97. The van der Waals surface area contributed by atoms with Gasteiger partial charge >= 0.3 is 6.18 Å². The zero-order valence-electron chi connectivity index (χ0n) is 10.3. The van der Waals surface area contributed by atoms with Gasteiger partial charge in [-0.3, -0.25) is 0 Å². The lowest BCUT2D eigenvalue weighted by Crippen LogP contribution is -2.06. The second-order valence-corrected chi connectivity index (χ2v) is 4.22. The number of benzene rings is 1. The summed E-state index contributed by atoms with van der Waals surface area (Å²) in [5.74, 6) is 0.738. The average Bonchev–Trinajstić information content (AvgIpc) is 2.37. The average molecular weight is 266 g/mol. The number of aromatic nitrogens is 1. The van der Waals surface area contributed by atoms with Gasteiger partial charge in [0.2, 0.25) is 0 Å². The van der Waals surface area contributed by atoms with Gasteiger partial charge in [-0.2, -0.15) is 13.2 Å². The lowest BCUT2D eigenvalue weighted by atomic mass is 10.1. The number of nitrogens with one attached hydrogen (secondary N) is 1. The minimum absolute atomic E-state index is 0.440. The summed E-state index contributed by atoms with van der Waals surface area (Å²) in [5, 5.41) is 3.10. The molecule has 0 fully saturated rings. The van der Waals surface area contributed by atoms with Crippen molar-refractivity contribution < 1.29 is 13.2 Å². The van der Waals surface area contributed by atoms with Crippen LogP contribution in [0, 0.1) is 6.92 Å². The zero-order valence-corrected chi connectivity index (χ0v) is 10.3. The second kappa shape index (κ2) is 5.30. The van der Waals surface area contributed by atoms with Crippen LogP contribution in [-0.2, 0) is 12.7 Å². The van der Waals surface area contributed by atoms with Crippen LogP contribution in [0.4, 0.5) is 19.0 Å². The van der Waals surface area contributed by atoms with E-state index >= 15 is 0 Å². The maximum atomic E-state index is 12.4. The normalized spacial score (nSPS) is 11.4. The maximum Gasteiger partial charge on any atom is 0.416 e. The highest BCUT2D eigenvalue weighted by Gasteiger charge is 2.29. The molecule has 5 heteroatoms. The van der Waals surface area contributed by atoms with Gasteiger partial charge in [-0.15, -0.1) is 0 Å². The van der Waals surface area contributed by atoms with E-state index < -0.39 is 11.7 Å². The van der Waals surface area contributed by atoms with Gasteiger partial charge in [-0.05, 0) is 36.2 Å². The largest absolute Gasteiger partial charge is 0.416 e. The quantitative estimate of drug-likeness (QED) is 0.907. The molecule has 0 spiro atoms. The highest BCUT2D eigenvalue weighted by Crippen LogP contribution is 2.29. The van der Waals surface area contributed by atoms with Crippen molar-refractivity contribution in [3.05, 3.63) is 59.3 Å². The SMILES string of the molecule is Cc1cccnc1NCc1ccc(C(F)(F)F)cc1. The minimum Gasteiger partial charge on any atom is -0.366 e. The molecule has 2 nitrogen and oxygen atoms in total. The van der Waals surface area contributed by atoms with Gasteiger partial charge in [0.1, 0.15) is 5.82 Å². The molecule has 0 bridgehead atoms. The molecule has 0 saturated heterocycles. The van der Waals surface area contributed by atoms with Gasteiger partial charge in [0.25, 0.3) is 0 Å². The third kappa shape index (κ3) is 3.47. The number of hydrogen-bond donors (Lipinski definition) is 1. The van der Waals surface area contributed by atoms with E-state index in [-0.39, 0.29) is 0 Å². The number of nitrogens with zero attached hydrogens (tertiary/aromatic N) is 1. The van der Waals surface area contributed by atoms with E-state index in [0.717, 1.165) is 29.1 Å². The van der Waals surface area contributed by atoms with E-state index in [0.29, 0.717) is 6.54 Å². The van der Waals surface area contributed by atoms with Crippen LogP contribution in [0.3, 0.4) is 0 Å². The molecule has 2 rings (SSSR count). The summed E-state index contributed by atoms with van der Waals surface area (Å²) in [7, 11) is 0. The van der Waals surface area contributed by atoms with Crippen molar-refractivity contribution in [3.63, 3.8) is 0 Å². The molecule has 0 aliphatic heterocycles. The first kappa shape index (κ1) is 13.4. The van der Waals surface area contributed by atoms with Crippen LogP contribution in [0.1, 0.15) is 16.7 Å². The molecule has 0 amide bonds. The fourth-order valence-corrected chi connectivity index (χ4v) is 1.67. The van der Waals surface area contributed by atoms with E-state index in [2.05, 4.69) is 10.3 Å². The van der Waals surface area contributed by atoms with Crippen LogP contribution in [0.2, 0.25) is 0 Å². The highest BCUT2D eigenvalue weighted by molar-refractivity contribution is 5.43. The van der Waals surface area contributed by atoms with Crippen molar-refractivity contribution in [3.8, 4) is 0 Å². The summed E-state index contributed by atoms with van der Waals surface area (Å²) < 4.78 is 37.2. The van der Waals surface area contributed by atoms with Gasteiger partial charge in [0.15, 0.2) is 0 Å². The fourth-order valence-electron chi connectivity index (χ4n) is 1.67. The van der Waals surface area contributed by atoms with Crippen molar-refractivity contribution in [1.82, 2.24) is 4.98 Å². The molecule has 0 unspecified atom stereocenters. The molecule has 100 valence electrons. The van der Waals surface area contributed by atoms with E-state index in [9.17, 15) is 13.2 Å². The third-order valence-corrected chi connectivity index (χ3v) is 2.75. The maximum absolute atomic E-state index is 12.4. The van der Waals surface area contributed by atoms with Crippen molar-refractivity contribution >= 4 is 5.82 Å². The molecule has 0 atom stereocenters. The Hall–Kier alpha value is -2.04. The number of hydrogen-bond acceptors (Lipinski definition) is 2. The van der Waals surface area contributed by atoms with Gasteiger partial charge in [0.05, 0.1) is 5.56 Å². The number of alkyl halides is 3. The van der Waals surface area contributed by atoms with Gasteiger partial charge in [-0.1, -0.05) is 18.2 Å². The first-order valence-electron chi connectivity index (χ1n) is 5.78. The van der Waals surface area contributed by atoms with Crippen molar-refractivity contribution in [2.24, 2.45) is 0 Å². The molecule has 0 aliphatic rings. The molecule has 19 heavy (non-hydrogen) atoms. The molecular weight excluding hydrogens is 253 g/mol. The summed E-state index contributed by atoms with van der Waals surface area (Å²) in [4.78, 5) is 4.16. The number of aryl methyl sites for hydroxylation is 1.